The molecule has 0 N–H and O–H groups in total. The van der Waals surface area contributed by atoms with Gasteiger partial charge in [0.25, 0.3) is 0 Å². The van der Waals surface area contributed by atoms with E-state index in [0.29, 0.717) is 0 Å². The number of hydrogen-bond donors (Lipinski definition) is 0. The molecule has 0 unspecified atom stereocenters. The Balaban J connectivity index is 2.79. The fourth-order valence-corrected chi connectivity index (χ4v) is 51.3. The summed E-state index contributed by atoms with van der Waals surface area (Å²) in [5, 5.41) is 0. The van der Waals surface area contributed by atoms with E-state index in [1.54, 1.807) is 36.4 Å². The topological polar surface area (TPSA) is 0 Å². The van der Waals surface area contributed by atoms with Crippen LogP contribution < -0.4 is 5.79 Å². The van der Waals surface area contributed by atoms with Gasteiger partial charge in [-0.15, -0.1) is 0 Å². The molecule has 0 amide bonds. The van der Waals surface area contributed by atoms with Crippen LogP contribution in [-0.4, -0.2) is 36.8 Å². The van der Waals surface area contributed by atoms with Crippen LogP contribution in [0, 0.1) is 0 Å². The zero-order chi connectivity index (χ0) is 35.1. The fraction of sp³-hybridized carbons (Fsp3) is 0.818. The first-order valence-electron chi connectivity index (χ1n) is 21.7. The molecule has 2 rings (SSSR count). The quantitative estimate of drug-likeness (QED) is 0.0522. The Morgan fingerprint density at radius 1 is 0.354 bits per heavy atom. The molecular weight excluding hydrogens is 830 g/mol. The monoisotopic (exact) mass is 914 g/mol. The first kappa shape index (κ1) is 45.2. The third-order valence-corrected chi connectivity index (χ3v) is 51.0. The number of hydrogen-bond acceptors (Lipinski definition) is 2. The van der Waals surface area contributed by atoms with E-state index >= 15 is 0 Å². The summed E-state index contributed by atoms with van der Waals surface area (Å²) in [5.74, 6) is 0. The van der Waals surface area contributed by atoms with Crippen molar-refractivity contribution in [3.8, 4) is 9.75 Å². The van der Waals surface area contributed by atoms with E-state index in [-0.39, 0.29) is 0 Å². The standard InChI is InChI=1S/C20H28S2.6C4H9.2Sn/c1-3-5-7-9-11-17-13-19(21-15-17)20-14-18(16-22-20)12-10-8-6-4-2;6*1-3-4-2;;/h13-14H,3-12H2,1-2H3;6*1,3-4H2,2H3;;. The molecule has 0 saturated carbocycles. The molecule has 278 valence electrons. The number of thiophene rings is 2. The van der Waals surface area contributed by atoms with E-state index in [2.05, 4.69) is 90.2 Å². The van der Waals surface area contributed by atoms with Crippen molar-refractivity contribution in [3.05, 3.63) is 23.3 Å². The van der Waals surface area contributed by atoms with Gasteiger partial charge in [-0.25, -0.2) is 0 Å². The molecule has 0 fully saturated rings. The van der Waals surface area contributed by atoms with Gasteiger partial charge in [0, 0.05) is 0 Å². The summed E-state index contributed by atoms with van der Waals surface area (Å²) in [6, 6.07) is 5.64. The van der Waals surface area contributed by atoms with Crippen molar-refractivity contribution < 1.29 is 0 Å². The average Bonchev–Trinajstić information content (AvgIpc) is 3.74. The van der Waals surface area contributed by atoms with Crippen LogP contribution in [-0.2, 0) is 12.8 Å². The van der Waals surface area contributed by atoms with Gasteiger partial charge in [-0.05, 0) is 0 Å². The number of unbranched alkanes of at least 4 members (excludes halogenated alkanes) is 12. The Kier molecular flexibility index (Phi) is 25.1. The molecule has 0 spiro atoms. The fourth-order valence-electron chi connectivity index (χ4n) is 8.38. The van der Waals surface area contributed by atoms with Gasteiger partial charge in [0.2, 0.25) is 0 Å². The molecule has 0 atom stereocenters. The molecule has 48 heavy (non-hydrogen) atoms. The maximum atomic E-state index is 2.82. The van der Waals surface area contributed by atoms with Gasteiger partial charge in [0.1, 0.15) is 0 Å². The zero-order valence-corrected chi connectivity index (χ0v) is 41.1. The summed E-state index contributed by atoms with van der Waals surface area (Å²) in [6.07, 6.45) is 30.9. The summed E-state index contributed by atoms with van der Waals surface area (Å²) >= 11 is -0.325. The van der Waals surface area contributed by atoms with Crippen molar-refractivity contribution in [2.75, 3.05) is 0 Å². The maximum absolute atomic E-state index is 2.82. The molecule has 0 nitrogen and oxygen atoms in total. The predicted octanol–water partition coefficient (Wildman–Crippen LogP) is 15.8. The molecule has 0 aliphatic rings. The molecule has 2 heterocycles. The van der Waals surface area contributed by atoms with Crippen LogP contribution in [0.2, 0.25) is 26.6 Å². The third kappa shape index (κ3) is 14.4. The second kappa shape index (κ2) is 26.7. The summed E-state index contributed by atoms with van der Waals surface area (Å²) in [4.78, 5) is 3.41. The van der Waals surface area contributed by atoms with Gasteiger partial charge >= 0.3 is 321 Å². The Morgan fingerprint density at radius 2 is 0.625 bits per heavy atom. The van der Waals surface area contributed by atoms with E-state index in [1.165, 1.54) is 141 Å². The van der Waals surface area contributed by atoms with Crippen molar-refractivity contribution in [1.29, 1.82) is 0 Å². The first-order chi connectivity index (χ1) is 23.4. The average molecular weight is 913 g/mol. The van der Waals surface area contributed by atoms with Gasteiger partial charge in [-0.1, -0.05) is 0 Å². The number of aryl methyl sites for hydroxylation is 2. The van der Waals surface area contributed by atoms with Crippen LogP contribution in [0.15, 0.2) is 12.1 Å². The van der Waals surface area contributed by atoms with Crippen LogP contribution in [0.1, 0.15) is 195 Å². The predicted molar refractivity (Wildman–Crippen MR) is 232 cm³/mol. The first-order valence-corrected chi connectivity index (χ1v) is 38.3. The van der Waals surface area contributed by atoms with E-state index in [0.717, 1.165) is 0 Å². The Hall–Kier alpha value is 0.997. The summed E-state index contributed by atoms with van der Waals surface area (Å²) < 4.78 is 13.7. The van der Waals surface area contributed by atoms with Crippen molar-refractivity contribution in [2.24, 2.45) is 0 Å². The van der Waals surface area contributed by atoms with Crippen LogP contribution in [0.25, 0.3) is 9.75 Å². The van der Waals surface area contributed by atoms with Crippen LogP contribution in [0.3, 0.4) is 0 Å². The molecular formula is C44H82S2Sn2. The molecule has 0 saturated heterocycles. The van der Waals surface area contributed by atoms with Gasteiger partial charge in [0.15, 0.2) is 0 Å². The van der Waals surface area contributed by atoms with Crippen LogP contribution >= 0.6 is 22.7 Å². The Bertz CT molecular complexity index is 938. The molecule has 0 aromatic carbocycles. The summed E-state index contributed by atoms with van der Waals surface area (Å²) in [7, 11) is 0. The molecule has 0 aliphatic carbocycles. The van der Waals surface area contributed by atoms with Crippen molar-refractivity contribution in [3.63, 3.8) is 0 Å². The second-order valence-electron chi connectivity index (χ2n) is 15.7. The normalized spacial score (nSPS) is 12.4. The summed E-state index contributed by atoms with van der Waals surface area (Å²) in [6.45, 7) is 19.4. The number of rotatable bonds is 31. The van der Waals surface area contributed by atoms with Crippen molar-refractivity contribution >= 4 is 65.2 Å². The van der Waals surface area contributed by atoms with E-state index in [4.69, 9.17) is 0 Å². The minimum absolute atomic E-state index is 1.34. The Morgan fingerprint density at radius 3 is 0.875 bits per heavy atom. The third-order valence-electron chi connectivity index (χ3n) is 11.5. The molecule has 2 aromatic heterocycles. The van der Waals surface area contributed by atoms with Gasteiger partial charge in [-0.3, -0.25) is 0 Å². The van der Waals surface area contributed by atoms with E-state index in [1.807, 2.05) is 16.9 Å². The molecule has 4 heteroatoms. The molecule has 0 aliphatic heterocycles. The van der Waals surface area contributed by atoms with Gasteiger partial charge in [0.05, 0.1) is 0 Å². The van der Waals surface area contributed by atoms with Crippen LogP contribution in [0.4, 0.5) is 0 Å². The van der Waals surface area contributed by atoms with Crippen molar-refractivity contribution in [2.45, 2.75) is 223 Å². The molecule has 0 bridgehead atoms. The van der Waals surface area contributed by atoms with E-state index in [9.17, 15) is 0 Å². The minimum atomic E-state index is -2.54. The Labute approximate surface area is 318 Å². The zero-order valence-electron chi connectivity index (χ0n) is 33.8. The van der Waals surface area contributed by atoms with Gasteiger partial charge in [-0.2, -0.15) is 0 Å². The molecule has 2 aromatic rings. The van der Waals surface area contributed by atoms with E-state index < -0.39 is 36.8 Å². The molecule has 0 radical (unpaired) electrons. The van der Waals surface area contributed by atoms with Gasteiger partial charge < -0.3 is 0 Å². The second-order valence-corrected chi connectivity index (χ2v) is 45.9. The SMILES string of the molecule is CCCCCCc1cc(-c2cc(CCCCCC)[c]([Sn]([CH2]CCC)([CH2]CCC)[CH2]CCC)s2)s[c]1[Sn]([CH2]CCC)([CH2]CCC)[CH2]CCC. The van der Waals surface area contributed by atoms with Crippen LogP contribution in [0.5, 0.6) is 0 Å². The van der Waals surface area contributed by atoms with Crippen molar-refractivity contribution in [1.82, 2.24) is 0 Å². The summed E-state index contributed by atoms with van der Waals surface area (Å²) in [5.41, 5.74) is 3.70.